The van der Waals surface area contributed by atoms with Crippen LogP contribution in [0.4, 0.5) is 0 Å². The summed E-state index contributed by atoms with van der Waals surface area (Å²) in [5.41, 5.74) is 1.24. The summed E-state index contributed by atoms with van der Waals surface area (Å²) in [6, 6.07) is 19.0. The van der Waals surface area contributed by atoms with Crippen LogP contribution < -0.4 is 10.6 Å². The third-order valence-corrected chi connectivity index (χ3v) is 4.09. The predicted octanol–water partition coefficient (Wildman–Crippen LogP) is 3.90. The molecule has 0 aliphatic heterocycles. The lowest BCUT2D eigenvalue weighted by Crippen LogP contribution is -2.39. The SMILES string of the molecule is CN=C(NCCc1ccco1)NC(C)c1ccc2ccccc2c1. The summed E-state index contributed by atoms with van der Waals surface area (Å²) in [6.07, 6.45) is 2.53. The molecule has 3 aromatic rings. The van der Waals surface area contributed by atoms with Crippen molar-refractivity contribution in [1.29, 1.82) is 0 Å². The minimum absolute atomic E-state index is 0.171. The first kappa shape index (κ1) is 16.1. The molecule has 4 nitrogen and oxygen atoms in total. The quantitative estimate of drug-likeness (QED) is 0.553. The van der Waals surface area contributed by atoms with Crippen molar-refractivity contribution in [2.75, 3.05) is 13.6 Å². The number of nitrogens with one attached hydrogen (secondary N) is 2. The average Bonchev–Trinajstić information content (AvgIpc) is 3.13. The standard InChI is InChI=1S/C20H23N3O/c1-15(17-10-9-16-6-3-4-7-18(16)14-17)23-20(21-2)22-12-11-19-8-5-13-24-19/h3-10,13-15H,11-12H2,1-2H3,(H2,21,22,23). The molecular weight excluding hydrogens is 298 g/mol. The Labute approximate surface area is 142 Å². The topological polar surface area (TPSA) is 49.6 Å². The Kier molecular flexibility index (Phi) is 5.16. The molecule has 0 amide bonds. The van der Waals surface area contributed by atoms with E-state index in [1.807, 2.05) is 12.1 Å². The molecule has 124 valence electrons. The first-order valence-corrected chi connectivity index (χ1v) is 8.24. The van der Waals surface area contributed by atoms with Gasteiger partial charge >= 0.3 is 0 Å². The highest BCUT2D eigenvalue weighted by atomic mass is 16.3. The zero-order valence-corrected chi connectivity index (χ0v) is 14.1. The number of fused-ring (bicyclic) bond motifs is 1. The normalized spacial score (nSPS) is 13.0. The number of aliphatic imine (C=N–C) groups is 1. The van der Waals surface area contributed by atoms with Crippen molar-refractivity contribution in [1.82, 2.24) is 10.6 Å². The third kappa shape index (κ3) is 3.96. The van der Waals surface area contributed by atoms with Gasteiger partial charge in [0, 0.05) is 20.0 Å². The molecule has 0 spiro atoms. The maximum atomic E-state index is 5.34. The summed E-state index contributed by atoms with van der Waals surface area (Å²) in [7, 11) is 1.79. The van der Waals surface area contributed by atoms with E-state index in [1.54, 1.807) is 13.3 Å². The Balaban J connectivity index is 1.59. The van der Waals surface area contributed by atoms with Crippen molar-refractivity contribution < 1.29 is 4.42 Å². The van der Waals surface area contributed by atoms with Crippen LogP contribution in [0.1, 0.15) is 24.3 Å². The summed E-state index contributed by atoms with van der Waals surface area (Å²) in [5, 5.41) is 9.27. The first-order valence-electron chi connectivity index (χ1n) is 8.24. The second-order valence-corrected chi connectivity index (χ2v) is 5.80. The van der Waals surface area contributed by atoms with E-state index in [-0.39, 0.29) is 6.04 Å². The zero-order valence-electron chi connectivity index (χ0n) is 14.1. The lowest BCUT2D eigenvalue weighted by Gasteiger charge is -2.18. The van der Waals surface area contributed by atoms with E-state index < -0.39 is 0 Å². The van der Waals surface area contributed by atoms with Crippen LogP contribution in [-0.4, -0.2) is 19.6 Å². The Bertz CT molecular complexity index is 809. The van der Waals surface area contributed by atoms with Crippen molar-refractivity contribution in [2.45, 2.75) is 19.4 Å². The molecule has 0 aliphatic rings. The molecule has 0 radical (unpaired) electrons. The molecule has 1 unspecified atom stereocenters. The predicted molar refractivity (Wildman–Crippen MR) is 99.3 cm³/mol. The van der Waals surface area contributed by atoms with Gasteiger partial charge in [0.25, 0.3) is 0 Å². The molecule has 24 heavy (non-hydrogen) atoms. The van der Waals surface area contributed by atoms with E-state index in [4.69, 9.17) is 4.42 Å². The number of benzene rings is 2. The van der Waals surface area contributed by atoms with Crippen molar-refractivity contribution in [3.05, 3.63) is 72.2 Å². The highest BCUT2D eigenvalue weighted by molar-refractivity contribution is 5.84. The van der Waals surface area contributed by atoms with Crippen molar-refractivity contribution in [3.8, 4) is 0 Å². The van der Waals surface area contributed by atoms with Gasteiger partial charge in [0.15, 0.2) is 5.96 Å². The lowest BCUT2D eigenvalue weighted by atomic mass is 10.0. The van der Waals surface area contributed by atoms with Gasteiger partial charge < -0.3 is 15.1 Å². The number of furan rings is 1. The largest absolute Gasteiger partial charge is 0.469 e. The average molecular weight is 321 g/mol. The highest BCUT2D eigenvalue weighted by Crippen LogP contribution is 2.20. The van der Waals surface area contributed by atoms with E-state index in [9.17, 15) is 0 Å². The molecular formula is C20H23N3O. The minimum atomic E-state index is 0.171. The number of guanidine groups is 1. The maximum absolute atomic E-state index is 5.34. The smallest absolute Gasteiger partial charge is 0.191 e. The van der Waals surface area contributed by atoms with Crippen molar-refractivity contribution >= 4 is 16.7 Å². The molecule has 2 N–H and O–H groups in total. The fourth-order valence-corrected chi connectivity index (χ4v) is 2.72. The Hall–Kier alpha value is -2.75. The van der Waals surface area contributed by atoms with Gasteiger partial charge in [-0.2, -0.15) is 0 Å². The molecule has 0 saturated carbocycles. The summed E-state index contributed by atoms with van der Waals surface area (Å²) in [6.45, 7) is 2.92. The number of rotatable bonds is 5. The monoisotopic (exact) mass is 321 g/mol. The zero-order chi connectivity index (χ0) is 16.8. The Morgan fingerprint density at radius 3 is 2.67 bits per heavy atom. The molecule has 0 fully saturated rings. The molecule has 1 heterocycles. The third-order valence-electron chi connectivity index (χ3n) is 4.09. The van der Waals surface area contributed by atoms with Gasteiger partial charge in [-0.05, 0) is 41.5 Å². The summed E-state index contributed by atoms with van der Waals surface area (Å²) in [5.74, 6) is 1.77. The van der Waals surface area contributed by atoms with Crippen LogP contribution in [0.3, 0.4) is 0 Å². The van der Waals surface area contributed by atoms with Gasteiger partial charge in [0.05, 0.1) is 12.3 Å². The molecule has 4 heteroatoms. The maximum Gasteiger partial charge on any atom is 0.191 e. The molecule has 2 aromatic carbocycles. The summed E-state index contributed by atoms with van der Waals surface area (Å²) >= 11 is 0. The fourth-order valence-electron chi connectivity index (χ4n) is 2.72. The second kappa shape index (κ2) is 7.68. The van der Waals surface area contributed by atoms with Crippen molar-refractivity contribution in [3.63, 3.8) is 0 Å². The fraction of sp³-hybridized carbons (Fsp3) is 0.250. The van der Waals surface area contributed by atoms with E-state index in [0.717, 1.165) is 24.7 Å². The van der Waals surface area contributed by atoms with Gasteiger partial charge in [0.2, 0.25) is 0 Å². The first-order chi connectivity index (χ1) is 11.8. The molecule has 0 aliphatic carbocycles. The molecule has 1 aromatic heterocycles. The molecule has 1 atom stereocenters. The van der Waals surface area contributed by atoms with E-state index in [1.165, 1.54) is 16.3 Å². The van der Waals surface area contributed by atoms with Crippen LogP contribution in [0, 0.1) is 0 Å². The molecule has 3 rings (SSSR count). The number of hydrogen-bond acceptors (Lipinski definition) is 2. The summed E-state index contributed by atoms with van der Waals surface area (Å²) in [4.78, 5) is 4.30. The van der Waals surface area contributed by atoms with Gasteiger partial charge in [0.1, 0.15) is 5.76 Å². The van der Waals surface area contributed by atoms with E-state index in [0.29, 0.717) is 0 Å². The number of hydrogen-bond donors (Lipinski definition) is 2. The van der Waals surface area contributed by atoms with Crippen LogP contribution in [0.15, 0.2) is 70.3 Å². The van der Waals surface area contributed by atoms with Gasteiger partial charge in [-0.3, -0.25) is 4.99 Å². The Morgan fingerprint density at radius 1 is 1.08 bits per heavy atom. The van der Waals surface area contributed by atoms with Gasteiger partial charge in [-0.15, -0.1) is 0 Å². The van der Waals surface area contributed by atoms with Crippen LogP contribution in [0.5, 0.6) is 0 Å². The number of nitrogens with zero attached hydrogens (tertiary/aromatic N) is 1. The van der Waals surface area contributed by atoms with Crippen LogP contribution in [-0.2, 0) is 6.42 Å². The highest BCUT2D eigenvalue weighted by Gasteiger charge is 2.08. The van der Waals surface area contributed by atoms with Crippen LogP contribution >= 0.6 is 0 Å². The van der Waals surface area contributed by atoms with Gasteiger partial charge in [-0.1, -0.05) is 36.4 Å². The second-order valence-electron chi connectivity index (χ2n) is 5.80. The van der Waals surface area contributed by atoms with E-state index in [2.05, 4.69) is 65.0 Å². The molecule has 0 bridgehead atoms. The van der Waals surface area contributed by atoms with Gasteiger partial charge in [-0.25, -0.2) is 0 Å². The van der Waals surface area contributed by atoms with Crippen LogP contribution in [0.2, 0.25) is 0 Å². The summed E-state index contributed by atoms with van der Waals surface area (Å²) < 4.78 is 5.34. The molecule has 0 saturated heterocycles. The van der Waals surface area contributed by atoms with E-state index >= 15 is 0 Å². The van der Waals surface area contributed by atoms with Crippen LogP contribution in [0.25, 0.3) is 10.8 Å². The minimum Gasteiger partial charge on any atom is -0.469 e. The Morgan fingerprint density at radius 2 is 1.92 bits per heavy atom. The van der Waals surface area contributed by atoms with Crippen molar-refractivity contribution in [2.24, 2.45) is 4.99 Å². The lowest BCUT2D eigenvalue weighted by molar-refractivity contribution is 0.506.